The maximum absolute atomic E-state index is 11.9. The number of nitrogens with one attached hydrogen (secondary N) is 2. The summed E-state index contributed by atoms with van der Waals surface area (Å²) in [4.78, 5) is 11.9. The van der Waals surface area contributed by atoms with E-state index in [1.54, 1.807) is 0 Å². The molecule has 0 aromatic rings. The normalized spacial score (nSPS) is 24.9. The molecule has 0 aliphatic carbocycles. The first-order chi connectivity index (χ1) is 8.06. The molecule has 0 saturated carbocycles. The molecule has 1 rings (SSSR count). The molecular weight excluding hydrogens is 236 g/mol. The lowest BCUT2D eigenvalue weighted by Crippen LogP contribution is -2.46. The number of rotatable bonds is 6. The number of aliphatic hydroxyl groups is 1. The first kappa shape index (κ1) is 14.8. The van der Waals surface area contributed by atoms with E-state index < -0.39 is 0 Å². The molecular formula is C12H24N2O2S. The maximum Gasteiger partial charge on any atom is 0.237 e. The average molecular weight is 260 g/mol. The lowest BCUT2D eigenvalue weighted by atomic mass is 10.0. The van der Waals surface area contributed by atoms with Crippen molar-refractivity contribution in [1.82, 2.24) is 10.6 Å². The SMILES string of the molecule is CCC(CC)(CNC(=O)C1CC(O)CN1)SC. The molecule has 2 atom stereocenters. The number of aliphatic hydroxyl groups excluding tert-OH is 1. The topological polar surface area (TPSA) is 61.4 Å². The predicted octanol–water partition coefficient (Wildman–Crippen LogP) is 0.747. The quantitative estimate of drug-likeness (QED) is 0.659. The minimum atomic E-state index is -0.381. The second-order valence-corrected chi connectivity index (χ2v) is 5.94. The van der Waals surface area contributed by atoms with Crippen molar-refractivity contribution in [2.45, 2.75) is 50.0 Å². The zero-order valence-corrected chi connectivity index (χ0v) is 11.8. The fourth-order valence-electron chi connectivity index (χ4n) is 2.15. The smallest absolute Gasteiger partial charge is 0.237 e. The van der Waals surface area contributed by atoms with Crippen LogP contribution in [-0.2, 0) is 4.79 Å². The van der Waals surface area contributed by atoms with Crippen LogP contribution in [0.3, 0.4) is 0 Å². The van der Waals surface area contributed by atoms with Gasteiger partial charge in [0.05, 0.1) is 12.1 Å². The van der Waals surface area contributed by atoms with Crippen LogP contribution in [0.25, 0.3) is 0 Å². The van der Waals surface area contributed by atoms with Crippen LogP contribution in [-0.4, -0.2) is 47.3 Å². The van der Waals surface area contributed by atoms with E-state index in [4.69, 9.17) is 0 Å². The molecule has 4 nitrogen and oxygen atoms in total. The second-order valence-electron chi connectivity index (χ2n) is 4.66. The lowest BCUT2D eigenvalue weighted by Gasteiger charge is -2.30. The Balaban J connectivity index is 2.41. The Morgan fingerprint density at radius 3 is 2.59 bits per heavy atom. The number of hydrogen-bond acceptors (Lipinski definition) is 4. The third-order valence-electron chi connectivity index (χ3n) is 3.73. The largest absolute Gasteiger partial charge is 0.392 e. The van der Waals surface area contributed by atoms with Gasteiger partial charge in [-0.15, -0.1) is 0 Å². The fraction of sp³-hybridized carbons (Fsp3) is 0.917. The van der Waals surface area contributed by atoms with Crippen molar-refractivity contribution in [2.24, 2.45) is 0 Å². The number of carbonyl (C=O) groups is 1. The van der Waals surface area contributed by atoms with E-state index in [0.717, 1.165) is 12.8 Å². The van der Waals surface area contributed by atoms with Gasteiger partial charge in [0.25, 0.3) is 0 Å². The van der Waals surface area contributed by atoms with E-state index in [1.807, 2.05) is 11.8 Å². The molecule has 3 N–H and O–H groups in total. The van der Waals surface area contributed by atoms with Gasteiger partial charge in [0.15, 0.2) is 0 Å². The van der Waals surface area contributed by atoms with Crippen LogP contribution in [0.1, 0.15) is 33.1 Å². The van der Waals surface area contributed by atoms with Crippen molar-refractivity contribution in [3.8, 4) is 0 Å². The zero-order valence-electron chi connectivity index (χ0n) is 11.0. The summed E-state index contributed by atoms with van der Waals surface area (Å²) in [5.74, 6) is 0.0156. The zero-order chi connectivity index (χ0) is 12.9. The second kappa shape index (κ2) is 6.61. The molecule has 0 spiro atoms. The lowest BCUT2D eigenvalue weighted by molar-refractivity contribution is -0.123. The number of amides is 1. The Kier molecular flexibility index (Phi) is 5.76. The molecule has 1 fully saturated rings. The van der Waals surface area contributed by atoms with Gasteiger partial charge in [0.1, 0.15) is 0 Å². The van der Waals surface area contributed by atoms with Gasteiger partial charge in [-0.05, 0) is 25.5 Å². The van der Waals surface area contributed by atoms with Gasteiger partial charge >= 0.3 is 0 Å². The molecule has 0 radical (unpaired) electrons. The standard InChI is InChI=1S/C12H24N2O2S/c1-4-12(5-2,17-3)8-14-11(16)10-6-9(15)7-13-10/h9-10,13,15H,4-8H2,1-3H3,(H,14,16). The Hall–Kier alpha value is -0.260. The Morgan fingerprint density at radius 2 is 2.18 bits per heavy atom. The Morgan fingerprint density at radius 1 is 1.53 bits per heavy atom. The Bertz CT molecular complexity index is 249. The monoisotopic (exact) mass is 260 g/mol. The van der Waals surface area contributed by atoms with Gasteiger partial charge in [0, 0.05) is 17.8 Å². The summed E-state index contributed by atoms with van der Waals surface area (Å²) in [7, 11) is 0. The van der Waals surface area contributed by atoms with Gasteiger partial charge < -0.3 is 15.7 Å². The van der Waals surface area contributed by atoms with E-state index in [2.05, 4.69) is 30.7 Å². The van der Waals surface area contributed by atoms with Crippen LogP contribution in [0.5, 0.6) is 0 Å². The number of carbonyl (C=O) groups excluding carboxylic acids is 1. The minimum Gasteiger partial charge on any atom is -0.392 e. The molecule has 17 heavy (non-hydrogen) atoms. The first-order valence-electron chi connectivity index (χ1n) is 6.31. The summed E-state index contributed by atoms with van der Waals surface area (Å²) in [6, 6.07) is -0.224. The van der Waals surface area contributed by atoms with Crippen molar-refractivity contribution >= 4 is 17.7 Å². The highest BCUT2D eigenvalue weighted by Gasteiger charge is 2.30. The fourth-order valence-corrected chi connectivity index (χ4v) is 2.94. The number of thioether (sulfide) groups is 1. The third kappa shape index (κ3) is 3.86. The van der Waals surface area contributed by atoms with E-state index in [9.17, 15) is 9.90 Å². The molecule has 0 bridgehead atoms. The van der Waals surface area contributed by atoms with Gasteiger partial charge in [0.2, 0.25) is 5.91 Å². The van der Waals surface area contributed by atoms with Crippen LogP contribution >= 0.6 is 11.8 Å². The van der Waals surface area contributed by atoms with Crippen LogP contribution in [0.2, 0.25) is 0 Å². The van der Waals surface area contributed by atoms with Crippen molar-refractivity contribution in [1.29, 1.82) is 0 Å². The van der Waals surface area contributed by atoms with Crippen LogP contribution < -0.4 is 10.6 Å². The van der Waals surface area contributed by atoms with Crippen molar-refractivity contribution in [3.05, 3.63) is 0 Å². The van der Waals surface area contributed by atoms with Crippen LogP contribution in [0, 0.1) is 0 Å². The highest BCUT2D eigenvalue weighted by atomic mass is 32.2. The van der Waals surface area contributed by atoms with Crippen molar-refractivity contribution in [2.75, 3.05) is 19.3 Å². The van der Waals surface area contributed by atoms with E-state index in [1.165, 1.54) is 0 Å². The molecule has 1 amide bonds. The van der Waals surface area contributed by atoms with Crippen molar-refractivity contribution < 1.29 is 9.90 Å². The summed E-state index contributed by atoms with van der Waals surface area (Å²) in [5.41, 5.74) is 0. The van der Waals surface area contributed by atoms with Crippen molar-refractivity contribution in [3.63, 3.8) is 0 Å². The molecule has 1 aliphatic heterocycles. The van der Waals surface area contributed by atoms with Crippen LogP contribution in [0.4, 0.5) is 0 Å². The van der Waals surface area contributed by atoms with Gasteiger partial charge in [-0.2, -0.15) is 11.8 Å². The summed E-state index contributed by atoms with van der Waals surface area (Å²) in [6.07, 6.45) is 4.33. The molecule has 2 unspecified atom stereocenters. The van der Waals surface area contributed by atoms with Gasteiger partial charge in [-0.1, -0.05) is 13.8 Å². The van der Waals surface area contributed by atoms with Gasteiger partial charge in [-0.25, -0.2) is 0 Å². The molecule has 100 valence electrons. The number of hydrogen-bond donors (Lipinski definition) is 3. The molecule has 1 saturated heterocycles. The highest BCUT2D eigenvalue weighted by molar-refractivity contribution is 8.00. The van der Waals surface area contributed by atoms with E-state index in [-0.39, 0.29) is 22.8 Å². The molecule has 0 aromatic heterocycles. The predicted molar refractivity (Wildman–Crippen MR) is 72.3 cm³/mol. The molecule has 1 heterocycles. The highest BCUT2D eigenvalue weighted by Crippen LogP contribution is 2.29. The van der Waals surface area contributed by atoms with E-state index >= 15 is 0 Å². The first-order valence-corrected chi connectivity index (χ1v) is 7.53. The average Bonchev–Trinajstić information content (AvgIpc) is 2.78. The van der Waals surface area contributed by atoms with Gasteiger partial charge in [-0.3, -0.25) is 4.79 Å². The molecule has 5 heteroatoms. The third-order valence-corrected chi connectivity index (χ3v) is 5.32. The van der Waals surface area contributed by atoms with Crippen LogP contribution in [0.15, 0.2) is 0 Å². The Labute approximate surface area is 108 Å². The summed E-state index contributed by atoms with van der Waals surface area (Å²) in [6.45, 7) is 5.54. The summed E-state index contributed by atoms with van der Waals surface area (Å²) in [5, 5.41) is 15.4. The summed E-state index contributed by atoms with van der Waals surface area (Å²) < 4.78 is 0.146. The maximum atomic E-state index is 11.9. The minimum absolute atomic E-state index is 0.0156. The van der Waals surface area contributed by atoms with E-state index in [0.29, 0.717) is 19.5 Å². The number of β-amino-alcohol motifs (C(OH)–C–C–N with tert-alkyl or cyclic N) is 1. The molecule has 0 aromatic carbocycles. The summed E-state index contributed by atoms with van der Waals surface area (Å²) >= 11 is 1.82. The molecule has 1 aliphatic rings.